The molecular weight excluding hydrogens is 366 g/mol. The van der Waals surface area contributed by atoms with Crippen LogP contribution in [0.5, 0.6) is 0 Å². The third kappa shape index (κ3) is 3.87. The first-order valence-corrected chi connectivity index (χ1v) is 9.50. The van der Waals surface area contributed by atoms with E-state index < -0.39 is 5.60 Å². The van der Waals surface area contributed by atoms with E-state index in [2.05, 4.69) is 33.4 Å². The summed E-state index contributed by atoms with van der Waals surface area (Å²) in [6.45, 7) is 1.71. The van der Waals surface area contributed by atoms with Gasteiger partial charge in [0.2, 0.25) is 0 Å². The molecule has 0 radical (unpaired) electrons. The number of carbonyl (C=O) groups excluding carboxylic acids is 1. The van der Waals surface area contributed by atoms with Crippen LogP contribution in [0.3, 0.4) is 0 Å². The quantitative estimate of drug-likeness (QED) is 0.620. The number of alkyl halides is 1. The van der Waals surface area contributed by atoms with Crippen molar-refractivity contribution in [1.29, 1.82) is 0 Å². The lowest BCUT2D eigenvalue weighted by Gasteiger charge is -2.37. The third-order valence-electron chi connectivity index (χ3n) is 4.57. The molecule has 0 amide bonds. The highest BCUT2D eigenvalue weighted by molar-refractivity contribution is 9.09. The Morgan fingerprint density at radius 1 is 1.04 bits per heavy atom. The van der Waals surface area contributed by atoms with E-state index in [0.29, 0.717) is 5.56 Å². The number of hydrogen-bond acceptors (Lipinski definition) is 3. The zero-order valence-electron chi connectivity index (χ0n) is 13.6. The summed E-state index contributed by atoms with van der Waals surface area (Å²) >= 11 is 3.43. The fourth-order valence-corrected chi connectivity index (χ4v) is 3.63. The van der Waals surface area contributed by atoms with Gasteiger partial charge >= 0.3 is 5.97 Å². The predicted octanol–water partition coefficient (Wildman–Crippen LogP) is 4.06. The van der Waals surface area contributed by atoms with Gasteiger partial charge in [-0.25, -0.2) is 4.79 Å². The van der Waals surface area contributed by atoms with Gasteiger partial charge in [0.1, 0.15) is 5.60 Å². The first kappa shape index (κ1) is 17.2. The van der Waals surface area contributed by atoms with Gasteiger partial charge in [-0.3, -0.25) is 0 Å². The second-order valence-corrected chi connectivity index (χ2v) is 6.93. The molecule has 1 fully saturated rings. The molecule has 2 aromatic carbocycles. The fraction of sp³-hybridized carbons (Fsp3) is 0.350. The summed E-state index contributed by atoms with van der Waals surface area (Å²) in [6, 6.07) is 17.8. The molecular formula is C20H22BrNO2. The summed E-state index contributed by atoms with van der Waals surface area (Å²) in [5.74, 6) is -0.244. The molecule has 0 aromatic heterocycles. The Balaban J connectivity index is 1.81. The Hall–Kier alpha value is -1.65. The molecule has 126 valence electrons. The van der Waals surface area contributed by atoms with Crippen LogP contribution in [-0.2, 0) is 16.8 Å². The van der Waals surface area contributed by atoms with Gasteiger partial charge in [-0.2, -0.15) is 0 Å². The number of piperidine rings is 1. The molecule has 0 atom stereocenters. The lowest BCUT2D eigenvalue weighted by atomic mass is 9.84. The van der Waals surface area contributed by atoms with Crippen molar-refractivity contribution >= 4 is 21.9 Å². The molecule has 4 heteroatoms. The molecule has 2 aromatic rings. The molecule has 24 heavy (non-hydrogen) atoms. The van der Waals surface area contributed by atoms with Crippen molar-refractivity contribution in [3.63, 3.8) is 0 Å². The number of halogens is 1. The highest BCUT2D eigenvalue weighted by Crippen LogP contribution is 2.35. The number of rotatable bonds is 5. The van der Waals surface area contributed by atoms with Crippen LogP contribution in [0.1, 0.15) is 34.3 Å². The molecule has 0 spiro atoms. The van der Waals surface area contributed by atoms with Gasteiger partial charge in [0.25, 0.3) is 0 Å². The molecule has 3 rings (SSSR count). The van der Waals surface area contributed by atoms with Gasteiger partial charge in [-0.1, -0.05) is 58.4 Å². The van der Waals surface area contributed by atoms with E-state index in [1.807, 2.05) is 42.5 Å². The molecule has 0 saturated carbocycles. The van der Waals surface area contributed by atoms with Gasteiger partial charge in [0.05, 0.1) is 5.56 Å². The number of nitrogens with one attached hydrogen (secondary N) is 1. The fourth-order valence-electron chi connectivity index (χ4n) is 3.18. The molecule has 1 heterocycles. The monoisotopic (exact) mass is 387 g/mol. The molecule has 1 N–H and O–H groups in total. The van der Waals surface area contributed by atoms with Gasteiger partial charge in [-0.05, 0) is 42.8 Å². The smallest absolute Gasteiger partial charge is 0.339 e. The minimum atomic E-state index is -0.530. The van der Waals surface area contributed by atoms with Crippen LogP contribution < -0.4 is 5.32 Å². The summed E-state index contributed by atoms with van der Waals surface area (Å²) in [4.78, 5) is 12.7. The molecule has 1 saturated heterocycles. The Labute approximate surface area is 151 Å². The maximum absolute atomic E-state index is 12.7. The predicted molar refractivity (Wildman–Crippen MR) is 99.6 cm³/mol. The Kier molecular flexibility index (Phi) is 5.69. The number of carbonyl (C=O) groups is 1. The van der Waals surface area contributed by atoms with Crippen LogP contribution in [-0.4, -0.2) is 24.4 Å². The van der Waals surface area contributed by atoms with E-state index in [9.17, 15) is 4.79 Å². The normalized spacial score (nSPS) is 16.5. The summed E-state index contributed by atoms with van der Waals surface area (Å²) in [7, 11) is 0. The lowest BCUT2D eigenvalue weighted by Crippen LogP contribution is -2.43. The lowest BCUT2D eigenvalue weighted by molar-refractivity contribution is -0.0378. The summed E-state index contributed by atoms with van der Waals surface area (Å²) in [5, 5.41) is 4.27. The number of ether oxygens (including phenoxy) is 1. The molecule has 0 unspecified atom stereocenters. The van der Waals surface area contributed by atoms with Gasteiger partial charge in [-0.15, -0.1) is 0 Å². The number of benzene rings is 2. The average Bonchev–Trinajstić information content (AvgIpc) is 2.64. The standard InChI is InChI=1S/C20H22BrNO2/c21-13-10-16-6-8-17(9-7-16)19(23)24-20(11-14-22-15-12-20)18-4-2-1-3-5-18/h1-9,22H,10-15H2. The first-order valence-electron chi connectivity index (χ1n) is 8.38. The number of hydrogen-bond donors (Lipinski definition) is 1. The maximum atomic E-state index is 12.7. The molecule has 0 bridgehead atoms. The van der Waals surface area contributed by atoms with E-state index in [1.165, 1.54) is 5.56 Å². The highest BCUT2D eigenvalue weighted by atomic mass is 79.9. The van der Waals surface area contributed by atoms with E-state index >= 15 is 0 Å². The maximum Gasteiger partial charge on any atom is 0.339 e. The largest absolute Gasteiger partial charge is 0.450 e. The van der Waals surface area contributed by atoms with Crippen LogP contribution in [0, 0.1) is 0 Å². The summed E-state index contributed by atoms with van der Waals surface area (Å²) < 4.78 is 6.06. The Morgan fingerprint density at radius 2 is 1.71 bits per heavy atom. The van der Waals surface area contributed by atoms with E-state index in [-0.39, 0.29) is 5.97 Å². The topological polar surface area (TPSA) is 38.3 Å². The zero-order valence-corrected chi connectivity index (χ0v) is 15.2. The molecule has 0 aliphatic carbocycles. The van der Waals surface area contributed by atoms with Crippen molar-refractivity contribution in [2.75, 3.05) is 18.4 Å². The van der Waals surface area contributed by atoms with Crippen LogP contribution in [0.4, 0.5) is 0 Å². The minimum absolute atomic E-state index is 0.244. The highest BCUT2D eigenvalue weighted by Gasteiger charge is 2.37. The van der Waals surface area contributed by atoms with Gasteiger partial charge in [0.15, 0.2) is 0 Å². The van der Waals surface area contributed by atoms with Crippen molar-refractivity contribution in [2.24, 2.45) is 0 Å². The SMILES string of the molecule is O=C(OC1(c2ccccc2)CCNCC1)c1ccc(CCBr)cc1. The number of esters is 1. The van der Waals surface area contributed by atoms with E-state index in [1.54, 1.807) is 0 Å². The van der Waals surface area contributed by atoms with Crippen LogP contribution >= 0.6 is 15.9 Å². The van der Waals surface area contributed by atoms with Crippen molar-refractivity contribution < 1.29 is 9.53 Å². The van der Waals surface area contributed by atoms with Gasteiger partial charge in [0, 0.05) is 18.2 Å². The van der Waals surface area contributed by atoms with Crippen molar-refractivity contribution in [3.8, 4) is 0 Å². The third-order valence-corrected chi connectivity index (χ3v) is 4.97. The van der Waals surface area contributed by atoms with E-state index in [0.717, 1.165) is 43.2 Å². The van der Waals surface area contributed by atoms with Gasteiger partial charge < -0.3 is 10.1 Å². The second-order valence-electron chi connectivity index (χ2n) is 6.14. The van der Waals surface area contributed by atoms with Crippen molar-refractivity contribution in [1.82, 2.24) is 5.32 Å². The Bertz CT molecular complexity index is 664. The average molecular weight is 388 g/mol. The Morgan fingerprint density at radius 3 is 2.33 bits per heavy atom. The van der Waals surface area contributed by atoms with Crippen LogP contribution in [0.15, 0.2) is 54.6 Å². The summed E-state index contributed by atoms with van der Waals surface area (Å²) in [5.41, 5.74) is 2.37. The number of aryl methyl sites for hydroxylation is 1. The van der Waals surface area contributed by atoms with E-state index in [4.69, 9.17) is 4.74 Å². The van der Waals surface area contributed by atoms with Crippen LogP contribution in [0.2, 0.25) is 0 Å². The van der Waals surface area contributed by atoms with Crippen molar-refractivity contribution in [2.45, 2.75) is 24.9 Å². The molecule has 1 aliphatic rings. The van der Waals surface area contributed by atoms with Crippen LogP contribution in [0.25, 0.3) is 0 Å². The van der Waals surface area contributed by atoms with Crippen molar-refractivity contribution in [3.05, 3.63) is 71.3 Å². The second kappa shape index (κ2) is 7.95. The zero-order chi connectivity index (χ0) is 16.8. The molecule has 1 aliphatic heterocycles. The summed E-state index contributed by atoms with van der Waals surface area (Å²) in [6.07, 6.45) is 2.55. The first-order chi connectivity index (χ1) is 11.7. The molecule has 3 nitrogen and oxygen atoms in total. The minimum Gasteiger partial charge on any atom is -0.450 e.